The highest BCUT2D eigenvalue weighted by atomic mass is 16.5. The zero-order chi connectivity index (χ0) is 13.8. The predicted octanol–water partition coefficient (Wildman–Crippen LogP) is 1.72. The molecule has 0 bridgehead atoms. The number of rotatable bonds is 5. The largest absolute Gasteiger partial charge is 0.465 e. The highest BCUT2D eigenvalue weighted by molar-refractivity contribution is 5.75. The molecule has 0 amide bonds. The summed E-state index contributed by atoms with van der Waals surface area (Å²) in [5, 5.41) is 3.20. The second-order valence-corrected chi connectivity index (χ2v) is 4.99. The van der Waals surface area contributed by atoms with E-state index in [2.05, 4.69) is 35.5 Å². The minimum Gasteiger partial charge on any atom is -0.465 e. The molecule has 0 aromatic heterocycles. The first-order valence-electron chi connectivity index (χ1n) is 6.84. The molecule has 104 valence electrons. The van der Waals surface area contributed by atoms with Gasteiger partial charge in [-0.25, -0.2) is 0 Å². The molecule has 1 atom stereocenters. The second kappa shape index (κ2) is 6.06. The third-order valence-corrected chi connectivity index (χ3v) is 3.52. The molecule has 0 spiro atoms. The van der Waals surface area contributed by atoms with Crippen molar-refractivity contribution >= 4 is 11.7 Å². The molecule has 1 aliphatic heterocycles. The number of carbonyl (C=O) groups is 1. The van der Waals surface area contributed by atoms with Gasteiger partial charge in [-0.2, -0.15) is 0 Å². The maximum atomic E-state index is 11.5. The summed E-state index contributed by atoms with van der Waals surface area (Å²) in [6, 6.07) is 6.24. The Kier molecular flexibility index (Phi) is 4.43. The molecule has 2 rings (SSSR count). The van der Waals surface area contributed by atoms with E-state index in [-0.39, 0.29) is 12.0 Å². The van der Waals surface area contributed by atoms with Crippen molar-refractivity contribution in [2.24, 2.45) is 0 Å². The van der Waals surface area contributed by atoms with Crippen molar-refractivity contribution in [3.8, 4) is 0 Å². The van der Waals surface area contributed by atoms with Gasteiger partial charge in [-0.05, 0) is 37.5 Å². The van der Waals surface area contributed by atoms with E-state index in [0.29, 0.717) is 13.2 Å². The maximum absolute atomic E-state index is 11.5. The lowest BCUT2D eigenvalue weighted by atomic mass is 10.1. The normalized spacial score (nSPS) is 15.2. The van der Waals surface area contributed by atoms with E-state index < -0.39 is 0 Å². The molecule has 1 aliphatic rings. The fourth-order valence-corrected chi connectivity index (χ4v) is 2.35. The number of hydrogen-bond donors (Lipinski definition) is 1. The number of esters is 1. The van der Waals surface area contributed by atoms with Gasteiger partial charge in [-0.15, -0.1) is 0 Å². The molecule has 0 aliphatic carbocycles. The van der Waals surface area contributed by atoms with E-state index in [9.17, 15) is 4.79 Å². The van der Waals surface area contributed by atoms with Crippen molar-refractivity contribution < 1.29 is 9.53 Å². The Morgan fingerprint density at radius 3 is 3.05 bits per heavy atom. The summed E-state index contributed by atoms with van der Waals surface area (Å²) >= 11 is 0. The van der Waals surface area contributed by atoms with Gasteiger partial charge < -0.3 is 15.0 Å². The summed E-state index contributed by atoms with van der Waals surface area (Å²) in [6.07, 6.45) is 1.10. The Labute approximate surface area is 114 Å². The summed E-state index contributed by atoms with van der Waals surface area (Å²) in [7, 11) is 2.12. The van der Waals surface area contributed by atoms with Crippen LogP contribution in [0.4, 0.5) is 5.69 Å². The van der Waals surface area contributed by atoms with Crippen LogP contribution in [-0.4, -0.2) is 32.2 Å². The highest BCUT2D eigenvalue weighted by Crippen LogP contribution is 2.27. The van der Waals surface area contributed by atoms with E-state index in [4.69, 9.17) is 4.74 Å². The first kappa shape index (κ1) is 13.9. The average Bonchev–Trinajstić information content (AvgIpc) is 2.77. The van der Waals surface area contributed by atoms with E-state index in [1.165, 1.54) is 16.8 Å². The zero-order valence-electron chi connectivity index (χ0n) is 11.9. The first-order valence-corrected chi connectivity index (χ1v) is 6.84. The van der Waals surface area contributed by atoms with Crippen molar-refractivity contribution in [2.75, 3.05) is 25.1 Å². The van der Waals surface area contributed by atoms with Crippen molar-refractivity contribution in [3.05, 3.63) is 29.3 Å². The Morgan fingerprint density at radius 1 is 1.53 bits per heavy atom. The monoisotopic (exact) mass is 262 g/mol. The SMILES string of the molecule is CCOC(=O)C(C)NCc1ccc2c(c1)CCN2C. The zero-order valence-corrected chi connectivity index (χ0v) is 11.9. The molecule has 4 nitrogen and oxygen atoms in total. The Morgan fingerprint density at radius 2 is 2.32 bits per heavy atom. The smallest absolute Gasteiger partial charge is 0.322 e. The van der Waals surface area contributed by atoms with Crippen molar-refractivity contribution in [1.29, 1.82) is 0 Å². The van der Waals surface area contributed by atoms with E-state index in [0.717, 1.165) is 13.0 Å². The molecule has 0 saturated carbocycles. The Balaban J connectivity index is 1.92. The molecule has 0 fully saturated rings. The molecule has 1 heterocycles. The molecule has 1 aromatic carbocycles. The summed E-state index contributed by atoms with van der Waals surface area (Å²) < 4.78 is 4.97. The fraction of sp³-hybridized carbons (Fsp3) is 0.533. The lowest BCUT2D eigenvalue weighted by Gasteiger charge is -2.14. The third-order valence-electron chi connectivity index (χ3n) is 3.52. The number of carbonyl (C=O) groups excluding carboxylic acids is 1. The molecule has 1 N–H and O–H groups in total. The summed E-state index contributed by atoms with van der Waals surface area (Å²) in [5.41, 5.74) is 3.93. The van der Waals surface area contributed by atoms with E-state index in [1.54, 1.807) is 0 Å². The lowest BCUT2D eigenvalue weighted by molar-refractivity contribution is -0.145. The quantitative estimate of drug-likeness (QED) is 0.820. The summed E-state index contributed by atoms with van der Waals surface area (Å²) in [4.78, 5) is 13.8. The van der Waals surface area contributed by atoms with Crippen LogP contribution in [-0.2, 0) is 22.5 Å². The standard InChI is InChI=1S/C15H22N2O2/c1-4-19-15(18)11(2)16-10-12-5-6-14-13(9-12)7-8-17(14)3/h5-6,9,11,16H,4,7-8,10H2,1-3H3. The number of nitrogens with zero attached hydrogens (tertiary/aromatic N) is 1. The van der Waals surface area contributed by atoms with Gasteiger partial charge >= 0.3 is 5.97 Å². The van der Waals surface area contributed by atoms with Crippen LogP contribution in [0.1, 0.15) is 25.0 Å². The van der Waals surface area contributed by atoms with Gasteiger partial charge in [-0.1, -0.05) is 12.1 Å². The summed E-state index contributed by atoms with van der Waals surface area (Å²) in [6.45, 7) is 5.86. The molecule has 1 aromatic rings. The van der Waals surface area contributed by atoms with Crippen LogP contribution in [0.25, 0.3) is 0 Å². The number of nitrogens with one attached hydrogen (secondary N) is 1. The Bertz CT molecular complexity index is 459. The Hall–Kier alpha value is -1.55. The van der Waals surface area contributed by atoms with Gasteiger partial charge in [-0.3, -0.25) is 4.79 Å². The molecular formula is C15H22N2O2. The number of hydrogen-bond acceptors (Lipinski definition) is 4. The minimum atomic E-state index is -0.268. The topological polar surface area (TPSA) is 41.6 Å². The van der Waals surface area contributed by atoms with Crippen LogP contribution in [0.3, 0.4) is 0 Å². The summed E-state index contributed by atoms with van der Waals surface area (Å²) in [5.74, 6) is -0.191. The second-order valence-electron chi connectivity index (χ2n) is 4.99. The lowest BCUT2D eigenvalue weighted by Crippen LogP contribution is -2.34. The third kappa shape index (κ3) is 3.26. The number of anilines is 1. The van der Waals surface area contributed by atoms with Gasteiger partial charge in [0.1, 0.15) is 6.04 Å². The number of likely N-dealkylation sites (N-methyl/N-ethyl adjacent to an activating group) is 1. The van der Waals surface area contributed by atoms with Crippen molar-refractivity contribution in [1.82, 2.24) is 5.32 Å². The number of fused-ring (bicyclic) bond motifs is 1. The molecule has 0 saturated heterocycles. The van der Waals surface area contributed by atoms with Crippen LogP contribution >= 0.6 is 0 Å². The minimum absolute atomic E-state index is 0.191. The van der Waals surface area contributed by atoms with Crippen LogP contribution in [0, 0.1) is 0 Å². The molecule has 4 heteroatoms. The van der Waals surface area contributed by atoms with Crippen molar-refractivity contribution in [3.63, 3.8) is 0 Å². The fourth-order valence-electron chi connectivity index (χ4n) is 2.35. The van der Waals surface area contributed by atoms with Crippen LogP contribution < -0.4 is 10.2 Å². The van der Waals surface area contributed by atoms with Crippen molar-refractivity contribution in [2.45, 2.75) is 32.9 Å². The van der Waals surface area contributed by atoms with Crippen LogP contribution in [0.2, 0.25) is 0 Å². The van der Waals surface area contributed by atoms with E-state index in [1.807, 2.05) is 13.8 Å². The van der Waals surface area contributed by atoms with Gasteiger partial charge in [0, 0.05) is 25.8 Å². The molecule has 1 unspecified atom stereocenters. The maximum Gasteiger partial charge on any atom is 0.322 e. The van der Waals surface area contributed by atoms with Gasteiger partial charge in [0.05, 0.1) is 6.61 Å². The van der Waals surface area contributed by atoms with Gasteiger partial charge in [0.2, 0.25) is 0 Å². The first-order chi connectivity index (χ1) is 9.11. The molecular weight excluding hydrogens is 240 g/mol. The predicted molar refractivity (Wildman–Crippen MR) is 76.4 cm³/mol. The highest BCUT2D eigenvalue weighted by Gasteiger charge is 2.16. The average molecular weight is 262 g/mol. The number of ether oxygens (including phenoxy) is 1. The molecule has 19 heavy (non-hydrogen) atoms. The number of benzene rings is 1. The molecule has 0 radical (unpaired) electrons. The van der Waals surface area contributed by atoms with Gasteiger partial charge in [0.15, 0.2) is 0 Å². The van der Waals surface area contributed by atoms with E-state index >= 15 is 0 Å². The van der Waals surface area contributed by atoms with Crippen LogP contribution in [0.5, 0.6) is 0 Å². The van der Waals surface area contributed by atoms with Gasteiger partial charge in [0.25, 0.3) is 0 Å². The van der Waals surface area contributed by atoms with Crippen LogP contribution in [0.15, 0.2) is 18.2 Å².